The molecule has 0 bridgehead atoms. The molecule has 17 heavy (non-hydrogen) atoms. The summed E-state index contributed by atoms with van der Waals surface area (Å²) in [7, 11) is 2.10. The van der Waals surface area contributed by atoms with Gasteiger partial charge in [-0.1, -0.05) is 17.7 Å². The predicted molar refractivity (Wildman–Crippen MR) is 76.4 cm³/mol. The van der Waals surface area contributed by atoms with Crippen LogP contribution in [-0.4, -0.2) is 16.9 Å². The molecular weight excluding hydrogens is 320 g/mol. The lowest BCUT2D eigenvalue weighted by Crippen LogP contribution is -2.16. The molecule has 0 spiro atoms. The first-order chi connectivity index (χ1) is 8.13. The van der Waals surface area contributed by atoms with Crippen molar-refractivity contribution in [2.24, 2.45) is 0 Å². The summed E-state index contributed by atoms with van der Waals surface area (Å²) in [5, 5.41) is 0.540. The summed E-state index contributed by atoms with van der Waals surface area (Å²) < 4.78 is 1.18. The molecule has 2 rings (SSSR count). The Morgan fingerprint density at radius 2 is 2.12 bits per heavy atom. The Balaban J connectivity index is 1.93. The van der Waals surface area contributed by atoms with E-state index in [4.69, 9.17) is 11.6 Å². The minimum atomic E-state index is 0.540. The van der Waals surface area contributed by atoms with Crippen molar-refractivity contribution in [3.8, 4) is 0 Å². The van der Waals surface area contributed by atoms with Gasteiger partial charge in [-0.05, 0) is 46.7 Å². The van der Waals surface area contributed by atoms with E-state index in [-0.39, 0.29) is 0 Å². The van der Waals surface area contributed by atoms with Gasteiger partial charge < -0.3 is 0 Å². The quantitative estimate of drug-likeness (QED) is 0.781. The van der Waals surface area contributed by atoms with E-state index in [0.717, 1.165) is 13.1 Å². The van der Waals surface area contributed by atoms with Crippen molar-refractivity contribution in [2.75, 3.05) is 7.05 Å². The molecule has 0 radical (unpaired) electrons. The molecule has 2 aromatic heterocycles. The fourth-order valence-corrected chi connectivity index (χ4v) is 3.25. The maximum absolute atomic E-state index is 5.75. The van der Waals surface area contributed by atoms with E-state index >= 15 is 0 Å². The van der Waals surface area contributed by atoms with Gasteiger partial charge in [-0.3, -0.25) is 4.90 Å². The Morgan fingerprint density at radius 3 is 2.71 bits per heavy atom. The minimum absolute atomic E-state index is 0.540. The second-order valence-corrected chi connectivity index (χ2v) is 6.80. The molecule has 0 aliphatic carbocycles. The first kappa shape index (κ1) is 13.0. The second-order valence-electron chi connectivity index (χ2n) is 3.87. The SMILES string of the molecule is CN(Cc1ccc(Cl)nc1)Cc1ccc(Br)s1. The van der Waals surface area contributed by atoms with Gasteiger partial charge in [0.25, 0.3) is 0 Å². The average molecular weight is 332 g/mol. The zero-order chi connectivity index (χ0) is 12.3. The van der Waals surface area contributed by atoms with Crippen molar-refractivity contribution in [1.82, 2.24) is 9.88 Å². The smallest absolute Gasteiger partial charge is 0.129 e. The van der Waals surface area contributed by atoms with Gasteiger partial charge in [0.1, 0.15) is 5.15 Å². The summed E-state index contributed by atoms with van der Waals surface area (Å²) in [5.41, 5.74) is 1.17. The first-order valence-corrected chi connectivity index (χ1v) is 7.15. The lowest BCUT2D eigenvalue weighted by molar-refractivity contribution is 0.321. The fraction of sp³-hybridized carbons (Fsp3) is 0.250. The van der Waals surface area contributed by atoms with Gasteiger partial charge in [0.2, 0.25) is 0 Å². The minimum Gasteiger partial charge on any atom is -0.297 e. The molecule has 90 valence electrons. The summed E-state index contributed by atoms with van der Waals surface area (Å²) in [4.78, 5) is 7.68. The monoisotopic (exact) mass is 330 g/mol. The number of pyridine rings is 1. The molecule has 5 heteroatoms. The summed E-state index contributed by atoms with van der Waals surface area (Å²) in [6, 6.07) is 8.06. The Bertz CT molecular complexity index is 484. The Kier molecular flexibility index (Phi) is 4.56. The van der Waals surface area contributed by atoms with Gasteiger partial charge in [0.15, 0.2) is 0 Å². The molecule has 0 aliphatic heterocycles. The van der Waals surface area contributed by atoms with Gasteiger partial charge in [-0.15, -0.1) is 11.3 Å². The Morgan fingerprint density at radius 1 is 1.29 bits per heavy atom. The van der Waals surface area contributed by atoms with E-state index in [1.165, 1.54) is 14.2 Å². The highest BCUT2D eigenvalue weighted by atomic mass is 79.9. The molecule has 0 aromatic carbocycles. The fourth-order valence-electron chi connectivity index (χ4n) is 1.57. The number of hydrogen-bond acceptors (Lipinski definition) is 3. The molecular formula is C12H12BrClN2S. The summed E-state index contributed by atoms with van der Waals surface area (Å²) >= 11 is 11.0. The van der Waals surface area contributed by atoms with Gasteiger partial charge in [-0.25, -0.2) is 4.98 Å². The standard InChI is InChI=1S/C12H12BrClN2S/c1-16(8-10-3-4-11(13)17-10)7-9-2-5-12(14)15-6-9/h2-6H,7-8H2,1H3. The van der Waals surface area contributed by atoms with Crippen LogP contribution in [0.15, 0.2) is 34.2 Å². The molecule has 0 aliphatic rings. The van der Waals surface area contributed by atoms with Crippen LogP contribution in [0.5, 0.6) is 0 Å². The van der Waals surface area contributed by atoms with Crippen molar-refractivity contribution in [3.63, 3.8) is 0 Å². The molecule has 0 saturated heterocycles. The van der Waals surface area contributed by atoms with Crippen LogP contribution < -0.4 is 0 Å². The van der Waals surface area contributed by atoms with Crippen molar-refractivity contribution in [3.05, 3.63) is 49.8 Å². The van der Waals surface area contributed by atoms with Crippen molar-refractivity contribution >= 4 is 38.9 Å². The van der Waals surface area contributed by atoms with Gasteiger partial charge in [0, 0.05) is 24.2 Å². The number of aromatic nitrogens is 1. The van der Waals surface area contributed by atoms with Crippen LogP contribution >= 0.6 is 38.9 Å². The zero-order valence-electron chi connectivity index (χ0n) is 9.36. The van der Waals surface area contributed by atoms with Crippen molar-refractivity contribution in [1.29, 1.82) is 0 Å². The number of halogens is 2. The van der Waals surface area contributed by atoms with Crippen molar-refractivity contribution in [2.45, 2.75) is 13.1 Å². The van der Waals surface area contributed by atoms with Gasteiger partial charge in [0.05, 0.1) is 3.79 Å². The van der Waals surface area contributed by atoms with Crippen LogP contribution in [0.4, 0.5) is 0 Å². The highest BCUT2D eigenvalue weighted by molar-refractivity contribution is 9.11. The maximum Gasteiger partial charge on any atom is 0.129 e. The second kappa shape index (κ2) is 5.96. The van der Waals surface area contributed by atoms with Gasteiger partial charge in [-0.2, -0.15) is 0 Å². The van der Waals surface area contributed by atoms with E-state index in [0.29, 0.717) is 5.15 Å². The summed E-state index contributed by atoms with van der Waals surface area (Å²) in [6.45, 7) is 1.82. The van der Waals surface area contributed by atoms with E-state index in [2.05, 4.69) is 45.0 Å². The number of thiophene rings is 1. The Labute approximate surface area is 118 Å². The number of hydrogen-bond donors (Lipinski definition) is 0. The van der Waals surface area contributed by atoms with Crippen LogP contribution in [-0.2, 0) is 13.1 Å². The average Bonchev–Trinajstić information content (AvgIpc) is 2.67. The van der Waals surface area contributed by atoms with Crippen LogP contribution in [0.1, 0.15) is 10.4 Å². The van der Waals surface area contributed by atoms with E-state index < -0.39 is 0 Å². The third kappa shape index (κ3) is 4.07. The van der Waals surface area contributed by atoms with Crippen LogP contribution in [0.3, 0.4) is 0 Å². The predicted octanol–water partition coefficient (Wildman–Crippen LogP) is 4.19. The summed E-state index contributed by atoms with van der Waals surface area (Å²) in [5.74, 6) is 0. The molecule has 2 heterocycles. The van der Waals surface area contributed by atoms with E-state index in [9.17, 15) is 0 Å². The lowest BCUT2D eigenvalue weighted by Gasteiger charge is -2.15. The Hall–Kier alpha value is -0.420. The molecule has 0 atom stereocenters. The van der Waals surface area contributed by atoms with E-state index in [1.807, 2.05) is 18.3 Å². The van der Waals surface area contributed by atoms with E-state index in [1.54, 1.807) is 11.3 Å². The molecule has 2 nitrogen and oxygen atoms in total. The molecule has 0 saturated carbocycles. The van der Waals surface area contributed by atoms with Crippen LogP contribution in [0.2, 0.25) is 5.15 Å². The number of rotatable bonds is 4. The van der Waals surface area contributed by atoms with Crippen molar-refractivity contribution < 1.29 is 0 Å². The number of nitrogens with zero attached hydrogens (tertiary/aromatic N) is 2. The zero-order valence-corrected chi connectivity index (χ0v) is 12.5. The third-order valence-corrected chi connectivity index (χ3v) is 4.13. The summed E-state index contributed by atoms with van der Waals surface area (Å²) in [6.07, 6.45) is 1.82. The first-order valence-electron chi connectivity index (χ1n) is 5.16. The highest BCUT2D eigenvalue weighted by Gasteiger charge is 2.04. The normalized spacial score (nSPS) is 11.1. The maximum atomic E-state index is 5.75. The molecule has 0 unspecified atom stereocenters. The van der Waals surface area contributed by atoms with Gasteiger partial charge >= 0.3 is 0 Å². The third-order valence-electron chi connectivity index (χ3n) is 2.30. The largest absolute Gasteiger partial charge is 0.297 e. The molecule has 0 fully saturated rings. The highest BCUT2D eigenvalue weighted by Crippen LogP contribution is 2.23. The lowest BCUT2D eigenvalue weighted by atomic mass is 10.2. The van der Waals surface area contributed by atoms with Crippen LogP contribution in [0, 0.1) is 0 Å². The molecule has 0 N–H and O–H groups in total. The molecule has 2 aromatic rings. The topological polar surface area (TPSA) is 16.1 Å². The van der Waals surface area contributed by atoms with Crippen LogP contribution in [0.25, 0.3) is 0 Å². The molecule has 0 amide bonds.